The minimum Gasteiger partial charge on any atom is -0.383 e. The van der Waals surface area contributed by atoms with E-state index in [0.29, 0.717) is 6.04 Å². The van der Waals surface area contributed by atoms with Crippen LogP contribution >= 0.6 is 0 Å². The van der Waals surface area contributed by atoms with Crippen molar-refractivity contribution < 1.29 is 9.90 Å². The van der Waals surface area contributed by atoms with Gasteiger partial charge in [0.2, 0.25) is 5.91 Å². The first-order chi connectivity index (χ1) is 5.41. The smallest absolute Gasteiger partial charge is 0.249 e. The molecule has 1 unspecified atom stereocenters. The van der Waals surface area contributed by atoms with Crippen molar-refractivity contribution in [2.45, 2.75) is 45.8 Å². The zero-order chi connectivity index (χ0) is 9.35. The van der Waals surface area contributed by atoms with Crippen LogP contribution in [0.15, 0.2) is 0 Å². The molecule has 0 radical (unpaired) electrons. The molecule has 0 aliphatic heterocycles. The highest BCUT2D eigenvalue weighted by atomic mass is 16.3. The van der Waals surface area contributed by atoms with Crippen molar-refractivity contribution in [2.75, 3.05) is 0 Å². The third kappa shape index (κ3) is 2.48. The first-order valence-corrected chi connectivity index (χ1v) is 4.39. The van der Waals surface area contributed by atoms with Crippen LogP contribution in [0, 0.1) is 5.41 Å². The normalized spacial score (nSPS) is 20.3. The number of aliphatic hydroxyl groups excluding tert-OH is 1. The molecule has 1 amide bonds. The Kier molecular flexibility index (Phi) is 2.42. The number of hydrogen-bond acceptors (Lipinski definition) is 2. The first kappa shape index (κ1) is 9.52. The van der Waals surface area contributed by atoms with Gasteiger partial charge in [0.05, 0.1) is 0 Å². The molecule has 70 valence electrons. The molecule has 1 atom stereocenters. The molecule has 0 bridgehead atoms. The summed E-state index contributed by atoms with van der Waals surface area (Å²) in [6, 6.07) is 0.328. The summed E-state index contributed by atoms with van der Waals surface area (Å²) >= 11 is 0. The summed E-state index contributed by atoms with van der Waals surface area (Å²) in [5.41, 5.74) is -0.362. The average Bonchev–Trinajstić information content (AvgIpc) is 2.68. The number of rotatable bonds is 2. The largest absolute Gasteiger partial charge is 0.383 e. The minimum absolute atomic E-state index is 0.231. The van der Waals surface area contributed by atoms with Crippen LogP contribution in [0.4, 0.5) is 0 Å². The van der Waals surface area contributed by atoms with Gasteiger partial charge < -0.3 is 10.4 Å². The Balaban J connectivity index is 2.39. The standard InChI is InChI=1S/C9H17NO2/c1-9(2,3)7(11)8(12)10-6-4-5-6/h6-7,11H,4-5H2,1-3H3,(H,10,12). The fourth-order valence-electron chi connectivity index (χ4n) is 0.901. The van der Waals surface area contributed by atoms with Gasteiger partial charge in [-0.05, 0) is 18.3 Å². The van der Waals surface area contributed by atoms with Gasteiger partial charge in [-0.3, -0.25) is 4.79 Å². The molecule has 0 aromatic heterocycles. The summed E-state index contributed by atoms with van der Waals surface area (Å²) < 4.78 is 0. The van der Waals surface area contributed by atoms with Gasteiger partial charge in [-0.1, -0.05) is 20.8 Å². The number of aliphatic hydroxyl groups is 1. The molecule has 1 aliphatic rings. The Morgan fingerprint density at radius 3 is 2.33 bits per heavy atom. The molecule has 0 aromatic carbocycles. The molecular weight excluding hydrogens is 154 g/mol. The van der Waals surface area contributed by atoms with E-state index in [4.69, 9.17) is 0 Å². The summed E-state index contributed by atoms with van der Waals surface area (Å²) in [5.74, 6) is -0.231. The summed E-state index contributed by atoms with van der Waals surface area (Å²) in [4.78, 5) is 11.3. The van der Waals surface area contributed by atoms with Gasteiger partial charge in [0.25, 0.3) is 0 Å². The molecule has 12 heavy (non-hydrogen) atoms. The molecule has 0 heterocycles. The van der Waals surface area contributed by atoms with Crippen molar-refractivity contribution in [3.05, 3.63) is 0 Å². The fourth-order valence-corrected chi connectivity index (χ4v) is 0.901. The number of carbonyl (C=O) groups excluding carboxylic acids is 1. The fraction of sp³-hybridized carbons (Fsp3) is 0.889. The maximum Gasteiger partial charge on any atom is 0.249 e. The molecule has 1 fully saturated rings. The van der Waals surface area contributed by atoms with Crippen LogP contribution in [0.25, 0.3) is 0 Å². The van der Waals surface area contributed by atoms with Crippen molar-refractivity contribution in [3.63, 3.8) is 0 Å². The topological polar surface area (TPSA) is 49.3 Å². The van der Waals surface area contributed by atoms with E-state index < -0.39 is 6.10 Å². The van der Waals surface area contributed by atoms with E-state index in [9.17, 15) is 9.90 Å². The molecule has 1 aliphatic carbocycles. The summed E-state index contributed by atoms with van der Waals surface area (Å²) in [6.07, 6.45) is 1.23. The number of amides is 1. The molecule has 3 nitrogen and oxygen atoms in total. The van der Waals surface area contributed by atoms with E-state index in [0.717, 1.165) is 12.8 Å². The molecule has 1 saturated carbocycles. The van der Waals surface area contributed by atoms with E-state index in [1.807, 2.05) is 20.8 Å². The molecule has 0 spiro atoms. The van der Waals surface area contributed by atoms with Gasteiger partial charge >= 0.3 is 0 Å². The summed E-state index contributed by atoms with van der Waals surface area (Å²) in [7, 11) is 0. The SMILES string of the molecule is CC(C)(C)C(O)C(=O)NC1CC1. The maximum absolute atomic E-state index is 11.3. The molecule has 2 N–H and O–H groups in total. The van der Waals surface area contributed by atoms with Crippen molar-refractivity contribution in [1.82, 2.24) is 5.32 Å². The third-order valence-electron chi connectivity index (χ3n) is 1.99. The predicted octanol–water partition coefficient (Wildman–Crippen LogP) is 0.672. The second-order valence-electron chi connectivity index (χ2n) is 4.55. The van der Waals surface area contributed by atoms with Gasteiger partial charge in [-0.2, -0.15) is 0 Å². The maximum atomic E-state index is 11.3. The second kappa shape index (κ2) is 3.05. The van der Waals surface area contributed by atoms with Crippen LogP contribution in [-0.2, 0) is 4.79 Å². The van der Waals surface area contributed by atoms with Crippen LogP contribution in [0.2, 0.25) is 0 Å². The molecule has 3 heteroatoms. The summed E-state index contributed by atoms with van der Waals surface area (Å²) in [6.45, 7) is 5.55. The predicted molar refractivity (Wildman–Crippen MR) is 46.6 cm³/mol. The third-order valence-corrected chi connectivity index (χ3v) is 1.99. The van der Waals surface area contributed by atoms with Gasteiger partial charge in [-0.15, -0.1) is 0 Å². The molecule has 1 rings (SSSR count). The Labute approximate surface area is 73.2 Å². The van der Waals surface area contributed by atoms with Crippen molar-refractivity contribution in [3.8, 4) is 0 Å². The van der Waals surface area contributed by atoms with E-state index in [2.05, 4.69) is 5.32 Å². The van der Waals surface area contributed by atoms with Crippen molar-refractivity contribution in [2.24, 2.45) is 5.41 Å². The quantitative estimate of drug-likeness (QED) is 0.641. The Bertz CT molecular complexity index is 179. The molecular formula is C9H17NO2. The van der Waals surface area contributed by atoms with Gasteiger partial charge in [0.15, 0.2) is 0 Å². The second-order valence-corrected chi connectivity index (χ2v) is 4.55. The minimum atomic E-state index is -0.891. The van der Waals surface area contributed by atoms with Gasteiger partial charge in [0.1, 0.15) is 6.10 Å². The lowest BCUT2D eigenvalue weighted by molar-refractivity contribution is -0.134. The lowest BCUT2D eigenvalue weighted by atomic mass is 9.89. The van der Waals surface area contributed by atoms with Crippen LogP contribution < -0.4 is 5.32 Å². The van der Waals surface area contributed by atoms with Crippen LogP contribution in [0.5, 0.6) is 0 Å². The van der Waals surface area contributed by atoms with Crippen LogP contribution in [-0.4, -0.2) is 23.2 Å². The lowest BCUT2D eigenvalue weighted by Gasteiger charge is -2.24. The molecule has 0 aromatic rings. The van der Waals surface area contributed by atoms with E-state index in [1.54, 1.807) is 0 Å². The zero-order valence-corrected chi connectivity index (χ0v) is 7.92. The highest BCUT2D eigenvalue weighted by Gasteiger charge is 2.32. The van der Waals surface area contributed by atoms with Crippen LogP contribution in [0.3, 0.4) is 0 Å². The zero-order valence-electron chi connectivity index (χ0n) is 7.92. The van der Waals surface area contributed by atoms with E-state index in [1.165, 1.54) is 0 Å². The Morgan fingerprint density at radius 1 is 1.50 bits per heavy atom. The van der Waals surface area contributed by atoms with Crippen LogP contribution in [0.1, 0.15) is 33.6 Å². The Hall–Kier alpha value is -0.570. The highest BCUT2D eigenvalue weighted by molar-refractivity contribution is 5.81. The first-order valence-electron chi connectivity index (χ1n) is 4.39. The molecule has 0 saturated heterocycles. The van der Waals surface area contributed by atoms with E-state index in [-0.39, 0.29) is 11.3 Å². The van der Waals surface area contributed by atoms with E-state index >= 15 is 0 Å². The van der Waals surface area contributed by atoms with Crippen molar-refractivity contribution >= 4 is 5.91 Å². The lowest BCUT2D eigenvalue weighted by Crippen LogP contribution is -2.43. The number of hydrogen-bond donors (Lipinski definition) is 2. The monoisotopic (exact) mass is 171 g/mol. The van der Waals surface area contributed by atoms with Gasteiger partial charge in [-0.25, -0.2) is 0 Å². The van der Waals surface area contributed by atoms with Crippen molar-refractivity contribution in [1.29, 1.82) is 0 Å². The number of carbonyl (C=O) groups is 1. The summed E-state index contributed by atoms with van der Waals surface area (Å²) in [5, 5.41) is 12.3. The highest BCUT2D eigenvalue weighted by Crippen LogP contribution is 2.22. The number of nitrogens with one attached hydrogen (secondary N) is 1. The van der Waals surface area contributed by atoms with Gasteiger partial charge in [0, 0.05) is 6.04 Å². The average molecular weight is 171 g/mol. The Morgan fingerprint density at radius 2 is 2.00 bits per heavy atom.